The maximum Gasteiger partial charge on any atom is 0.273 e. The molecule has 0 radical (unpaired) electrons. The van der Waals surface area contributed by atoms with Crippen LogP contribution >= 0.6 is 38.9 Å². The van der Waals surface area contributed by atoms with Crippen LogP contribution in [-0.2, 0) is 10.0 Å². The predicted molar refractivity (Wildman–Crippen MR) is 76.8 cm³/mol. The van der Waals surface area contributed by atoms with Crippen LogP contribution in [0.2, 0.25) is 4.47 Å². The molecule has 19 heavy (non-hydrogen) atoms. The summed E-state index contributed by atoms with van der Waals surface area (Å²) in [7, 11) is -3.79. The van der Waals surface area contributed by atoms with Crippen molar-refractivity contribution in [3.8, 4) is 0 Å². The predicted octanol–water partition coefficient (Wildman–Crippen LogP) is 3.81. The first-order valence-corrected chi connectivity index (χ1v) is 8.37. The molecule has 0 spiro atoms. The molecule has 0 saturated heterocycles. The Morgan fingerprint density at radius 2 is 2.16 bits per heavy atom. The van der Waals surface area contributed by atoms with Gasteiger partial charge in [-0.2, -0.15) is 0 Å². The summed E-state index contributed by atoms with van der Waals surface area (Å²) in [5.74, 6) is -0.466. The van der Waals surface area contributed by atoms with Gasteiger partial charge in [0.05, 0.1) is 11.4 Å². The van der Waals surface area contributed by atoms with Gasteiger partial charge in [0.1, 0.15) is 5.82 Å². The third kappa shape index (κ3) is 3.25. The van der Waals surface area contributed by atoms with Crippen molar-refractivity contribution in [3.05, 3.63) is 38.6 Å². The minimum Gasteiger partial charge on any atom is -0.278 e. The lowest BCUT2D eigenvalue weighted by Crippen LogP contribution is -2.13. The molecule has 1 aromatic carbocycles. The molecule has 0 bridgehead atoms. The topological polar surface area (TPSA) is 59.1 Å². The van der Waals surface area contributed by atoms with Gasteiger partial charge in [-0.15, -0.1) is 0 Å². The molecule has 1 heterocycles. The second kappa shape index (κ2) is 5.35. The van der Waals surface area contributed by atoms with E-state index in [9.17, 15) is 12.8 Å². The molecule has 0 unspecified atom stereocenters. The third-order valence-corrected chi connectivity index (χ3v) is 6.04. The number of halogens is 3. The zero-order valence-corrected chi connectivity index (χ0v) is 13.4. The Bertz CT molecular complexity index is 733. The van der Waals surface area contributed by atoms with Crippen LogP contribution in [0.25, 0.3) is 0 Å². The van der Waals surface area contributed by atoms with E-state index in [-0.39, 0.29) is 14.4 Å². The summed E-state index contributed by atoms with van der Waals surface area (Å²) in [4.78, 5) is 3.85. The van der Waals surface area contributed by atoms with Crippen molar-refractivity contribution in [2.45, 2.75) is 11.1 Å². The number of aryl methyl sites for hydroxylation is 1. The average molecular weight is 386 g/mol. The number of benzene rings is 1. The Morgan fingerprint density at radius 1 is 1.47 bits per heavy atom. The number of anilines is 1. The fraction of sp³-hybridized carbons (Fsp3) is 0.100. The first-order chi connectivity index (χ1) is 8.79. The lowest BCUT2D eigenvalue weighted by Gasteiger charge is -2.08. The van der Waals surface area contributed by atoms with Crippen LogP contribution in [0.1, 0.15) is 5.69 Å². The van der Waals surface area contributed by atoms with Crippen LogP contribution in [0.3, 0.4) is 0 Å². The molecule has 102 valence electrons. The molecule has 0 aliphatic rings. The Labute approximate surface area is 126 Å². The number of sulfonamides is 1. The van der Waals surface area contributed by atoms with Gasteiger partial charge in [-0.3, -0.25) is 4.72 Å². The molecule has 0 atom stereocenters. The second-order valence-corrected chi connectivity index (χ2v) is 7.88. The Kier molecular flexibility index (Phi) is 4.14. The monoisotopic (exact) mass is 384 g/mol. The van der Waals surface area contributed by atoms with Crippen LogP contribution < -0.4 is 4.72 Å². The van der Waals surface area contributed by atoms with Crippen molar-refractivity contribution >= 4 is 54.6 Å². The first kappa shape index (κ1) is 14.7. The Hall–Kier alpha value is -0.700. The largest absolute Gasteiger partial charge is 0.278 e. The zero-order chi connectivity index (χ0) is 14.2. The zero-order valence-electron chi connectivity index (χ0n) is 9.45. The summed E-state index contributed by atoms with van der Waals surface area (Å²) in [5, 5.41) is 0. The summed E-state index contributed by atoms with van der Waals surface area (Å²) in [6, 6.07) is 3.66. The van der Waals surface area contributed by atoms with Crippen molar-refractivity contribution in [1.29, 1.82) is 0 Å². The molecule has 4 nitrogen and oxygen atoms in total. The molecule has 1 aromatic heterocycles. The summed E-state index contributed by atoms with van der Waals surface area (Å²) in [5.41, 5.74) is 0.561. The molecule has 0 amide bonds. The Morgan fingerprint density at radius 3 is 2.68 bits per heavy atom. The minimum absolute atomic E-state index is 0.0359. The molecular weight excluding hydrogens is 379 g/mol. The summed E-state index contributed by atoms with van der Waals surface area (Å²) < 4.78 is 40.1. The molecule has 0 aliphatic carbocycles. The number of rotatable bonds is 3. The van der Waals surface area contributed by atoms with Gasteiger partial charge in [-0.1, -0.05) is 22.9 Å². The second-order valence-electron chi connectivity index (χ2n) is 3.57. The number of thiazole rings is 1. The van der Waals surface area contributed by atoms with E-state index in [1.807, 2.05) is 0 Å². The van der Waals surface area contributed by atoms with Gasteiger partial charge >= 0.3 is 0 Å². The third-order valence-electron chi connectivity index (χ3n) is 2.15. The van der Waals surface area contributed by atoms with Crippen molar-refractivity contribution in [1.82, 2.24) is 4.98 Å². The smallest absolute Gasteiger partial charge is 0.273 e. The number of aromatic nitrogens is 1. The van der Waals surface area contributed by atoms with Crippen molar-refractivity contribution in [3.63, 3.8) is 0 Å². The van der Waals surface area contributed by atoms with E-state index in [4.69, 9.17) is 11.6 Å². The summed E-state index contributed by atoms with van der Waals surface area (Å²) in [6.45, 7) is 1.55. The standard InChI is InChI=1S/C10H7BrClFN2O2S2/c1-5-9(18-10(12)14-5)19(16,17)15-8-3-2-6(13)4-7(8)11/h2-4,15H,1H3. The highest BCUT2D eigenvalue weighted by molar-refractivity contribution is 9.10. The normalized spacial score (nSPS) is 11.6. The maximum atomic E-state index is 12.9. The van der Waals surface area contributed by atoms with Gasteiger partial charge in [0.25, 0.3) is 10.0 Å². The van der Waals surface area contributed by atoms with E-state index in [0.29, 0.717) is 10.2 Å². The molecule has 9 heteroatoms. The van der Waals surface area contributed by atoms with Crippen LogP contribution in [-0.4, -0.2) is 13.4 Å². The van der Waals surface area contributed by atoms with E-state index >= 15 is 0 Å². The van der Waals surface area contributed by atoms with E-state index in [2.05, 4.69) is 25.6 Å². The molecule has 2 aromatic rings. The van der Waals surface area contributed by atoms with Gasteiger partial charge < -0.3 is 0 Å². The van der Waals surface area contributed by atoms with Crippen molar-refractivity contribution < 1.29 is 12.8 Å². The lowest BCUT2D eigenvalue weighted by atomic mass is 10.3. The summed E-state index contributed by atoms with van der Waals surface area (Å²) >= 11 is 9.64. The fourth-order valence-electron chi connectivity index (χ4n) is 1.36. The fourth-order valence-corrected chi connectivity index (χ4v) is 4.76. The molecule has 2 rings (SSSR count). The van der Waals surface area contributed by atoms with Crippen LogP contribution in [0, 0.1) is 12.7 Å². The van der Waals surface area contributed by atoms with Gasteiger partial charge in [0.2, 0.25) is 0 Å². The number of nitrogens with one attached hydrogen (secondary N) is 1. The van der Waals surface area contributed by atoms with Gasteiger partial charge in [0, 0.05) is 4.47 Å². The molecule has 1 N–H and O–H groups in total. The number of hydrogen-bond acceptors (Lipinski definition) is 4. The van der Waals surface area contributed by atoms with E-state index < -0.39 is 15.8 Å². The first-order valence-electron chi connectivity index (χ1n) is 4.90. The SMILES string of the molecule is Cc1nc(Cl)sc1S(=O)(=O)Nc1ccc(F)cc1Br. The van der Waals surface area contributed by atoms with Crippen LogP contribution in [0.5, 0.6) is 0 Å². The molecule has 0 saturated carbocycles. The molecule has 0 aliphatic heterocycles. The van der Waals surface area contributed by atoms with E-state index in [0.717, 1.165) is 17.4 Å². The quantitative estimate of drug-likeness (QED) is 0.874. The molecule has 0 fully saturated rings. The highest BCUT2D eigenvalue weighted by atomic mass is 79.9. The van der Waals surface area contributed by atoms with Gasteiger partial charge in [-0.05, 0) is 41.1 Å². The number of nitrogens with zero attached hydrogens (tertiary/aromatic N) is 1. The van der Waals surface area contributed by atoms with Gasteiger partial charge in [-0.25, -0.2) is 17.8 Å². The lowest BCUT2D eigenvalue weighted by molar-refractivity contribution is 0.602. The minimum atomic E-state index is -3.79. The summed E-state index contributed by atoms with van der Waals surface area (Å²) in [6.07, 6.45) is 0. The van der Waals surface area contributed by atoms with Crippen molar-refractivity contribution in [2.24, 2.45) is 0 Å². The number of hydrogen-bond donors (Lipinski definition) is 1. The van der Waals surface area contributed by atoms with E-state index in [1.54, 1.807) is 6.92 Å². The Balaban J connectivity index is 2.39. The highest BCUT2D eigenvalue weighted by Crippen LogP contribution is 2.30. The van der Waals surface area contributed by atoms with Gasteiger partial charge in [0.15, 0.2) is 8.68 Å². The van der Waals surface area contributed by atoms with Crippen molar-refractivity contribution in [2.75, 3.05) is 4.72 Å². The average Bonchev–Trinajstić information content (AvgIpc) is 2.63. The highest BCUT2D eigenvalue weighted by Gasteiger charge is 2.22. The van der Waals surface area contributed by atoms with Crippen LogP contribution in [0.15, 0.2) is 26.9 Å². The maximum absolute atomic E-state index is 12.9. The molecular formula is C10H7BrClFN2O2S2. The van der Waals surface area contributed by atoms with E-state index in [1.165, 1.54) is 12.1 Å². The van der Waals surface area contributed by atoms with Crippen LogP contribution in [0.4, 0.5) is 10.1 Å².